The zero-order valence-electron chi connectivity index (χ0n) is 22.4. The number of thiazole rings is 1. The first-order valence-electron chi connectivity index (χ1n) is 12.5. The third-order valence-corrected chi connectivity index (χ3v) is 9.22. The highest BCUT2D eigenvalue weighted by Gasteiger charge is 2.25. The summed E-state index contributed by atoms with van der Waals surface area (Å²) in [6.45, 7) is 2.23. The first-order chi connectivity index (χ1) is 18.7. The quantitative estimate of drug-likeness (QED) is 0.269. The summed E-state index contributed by atoms with van der Waals surface area (Å²) < 4.78 is 39.9. The van der Waals surface area contributed by atoms with Gasteiger partial charge in [-0.1, -0.05) is 29.5 Å². The number of sulfonamides is 1. The number of carbonyl (C=O) groups excluding carboxylic acids is 1. The molecule has 1 aliphatic rings. The Labute approximate surface area is 244 Å². The summed E-state index contributed by atoms with van der Waals surface area (Å²) >= 11 is 1.41. The topological polar surface area (TPSA) is 92.3 Å². The highest BCUT2D eigenvalue weighted by molar-refractivity contribution is 7.92. The fourth-order valence-corrected chi connectivity index (χ4v) is 6.45. The van der Waals surface area contributed by atoms with E-state index in [-0.39, 0.29) is 23.2 Å². The molecule has 0 bridgehead atoms. The molecule has 0 radical (unpaired) electrons. The van der Waals surface area contributed by atoms with Crippen LogP contribution < -0.4 is 18.7 Å². The molecule has 0 saturated heterocycles. The van der Waals surface area contributed by atoms with Gasteiger partial charge in [0.15, 0.2) is 16.6 Å². The highest BCUT2D eigenvalue weighted by Crippen LogP contribution is 2.39. The Morgan fingerprint density at radius 3 is 2.23 bits per heavy atom. The lowest BCUT2D eigenvalue weighted by atomic mass is 10.2. The van der Waals surface area contributed by atoms with Crippen molar-refractivity contribution >= 4 is 60.7 Å². The van der Waals surface area contributed by atoms with Crippen molar-refractivity contribution in [2.75, 3.05) is 56.7 Å². The van der Waals surface area contributed by atoms with Gasteiger partial charge in [0.1, 0.15) is 13.2 Å². The second kappa shape index (κ2) is 12.4. The summed E-state index contributed by atoms with van der Waals surface area (Å²) in [5.41, 5.74) is 1.67. The molecule has 5 rings (SSSR count). The van der Waals surface area contributed by atoms with Crippen molar-refractivity contribution in [3.63, 3.8) is 0 Å². The zero-order chi connectivity index (χ0) is 27.6. The molecule has 0 atom stereocenters. The van der Waals surface area contributed by atoms with Crippen molar-refractivity contribution in [2.45, 2.75) is 11.3 Å². The van der Waals surface area contributed by atoms with E-state index in [2.05, 4.69) is 4.90 Å². The van der Waals surface area contributed by atoms with Gasteiger partial charge in [0.25, 0.3) is 15.9 Å². The monoisotopic (exact) mass is 602 g/mol. The molecular formula is C28H31ClN4O5S2. The predicted octanol–water partition coefficient (Wildman–Crippen LogP) is 4.91. The summed E-state index contributed by atoms with van der Waals surface area (Å²) in [6.07, 6.45) is 0.742. The van der Waals surface area contributed by atoms with Gasteiger partial charge in [-0.15, -0.1) is 12.4 Å². The summed E-state index contributed by atoms with van der Waals surface area (Å²) in [5.74, 6) is 1.07. The van der Waals surface area contributed by atoms with E-state index in [9.17, 15) is 13.2 Å². The maximum absolute atomic E-state index is 13.7. The number of para-hydroxylation sites is 1. The van der Waals surface area contributed by atoms with Gasteiger partial charge >= 0.3 is 0 Å². The highest BCUT2D eigenvalue weighted by atomic mass is 35.5. The third kappa shape index (κ3) is 6.17. The molecule has 2 heterocycles. The number of carbonyl (C=O) groups is 1. The summed E-state index contributed by atoms with van der Waals surface area (Å²) in [5, 5.41) is 0.566. The number of halogens is 1. The Kier molecular flexibility index (Phi) is 9.19. The number of hydrogen-bond donors (Lipinski definition) is 0. The van der Waals surface area contributed by atoms with E-state index in [1.165, 1.54) is 34.8 Å². The first-order valence-corrected chi connectivity index (χ1v) is 14.8. The van der Waals surface area contributed by atoms with E-state index < -0.39 is 10.0 Å². The molecule has 9 nitrogen and oxygen atoms in total. The van der Waals surface area contributed by atoms with Gasteiger partial charge in [-0.25, -0.2) is 13.4 Å². The largest absolute Gasteiger partial charge is 0.486 e. The Morgan fingerprint density at radius 1 is 0.925 bits per heavy atom. The number of amides is 1. The standard InChI is InChI=1S/C28H30N4O5S2.ClH/c1-30(2)14-7-15-32(28-29-23-18-24-25(19-26(23)38-28)37-17-16-36-24)27(33)20-10-12-22(13-11-20)39(34,35)31(3)21-8-5-4-6-9-21;/h4-6,8-13,18-19H,7,14-17H2,1-3H3;1H. The molecule has 0 N–H and O–H groups in total. The van der Waals surface area contributed by atoms with Crippen LogP contribution in [-0.4, -0.2) is 71.7 Å². The lowest BCUT2D eigenvalue weighted by Gasteiger charge is -2.22. The van der Waals surface area contributed by atoms with Crippen LogP contribution in [0.4, 0.5) is 10.8 Å². The van der Waals surface area contributed by atoms with Gasteiger partial charge in [-0.2, -0.15) is 0 Å². The van der Waals surface area contributed by atoms with Crippen LogP contribution in [0.5, 0.6) is 11.5 Å². The molecular weight excluding hydrogens is 572 g/mol. The number of nitrogens with zero attached hydrogens (tertiary/aromatic N) is 4. The average molecular weight is 603 g/mol. The molecule has 1 aliphatic heterocycles. The van der Waals surface area contributed by atoms with E-state index >= 15 is 0 Å². The van der Waals surface area contributed by atoms with Gasteiger partial charge in [0.05, 0.1) is 20.8 Å². The molecule has 212 valence electrons. The van der Waals surface area contributed by atoms with Gasteiger partial charge in [0.2, 0.25) is 0 Å². The summed E-state index contributed by atoms with van der Waals surface area (Å²) in [6, 6.07) is 18.7. The minimum Gasteiger partial charge on any atom is -0.486 e. The second-order valence-electron chi connectivity index (χ2n) is 9.41. The minimum atomic E-state index is -3.79. The molecule has 12 heteroatoms. The smallest absolute Gasteiger partial charge is 0.264 e. The maximum Gasteiger partial charge on any atom is 0.264 e. The van der Waals surface area contributed by atoms with E-state index in [1.54, 1.807) is 41.3 Å². The van der Waals surface area contributed by atoms with E-state index in [0.717, 1.165) is 23.2 Å². The van der Waals surface area contributed by atoms with Gasteiger partial charge in [-0.3, -0.25) is 14.0 Å². The van der Waals surface area contributed by atoms with Crippen molar-refractivity contribution in [3.8, 4) is 11.5 Å². The molecule has 3 aromatic carbocycles. The van der Waals surface area contributed by atoms with Gasteiger partial charge in [-0.05, 0) is 63.5 Å². The minimum absolute atomic E-state index is 0. The lowest BCUT2D eigenvalue weighted by Crippen LogP contribution is -2.33. The van der Waals surface area contributed by atoms with E-state index in [0.29, 0.717) is 47.6 Å². The molecule has 0 aliphatic carbocycles. The summed E-state index contributed by atoms with van der Waals surface area (Å²) in [4.78, 5) is 22.3. The van der Waals surface area contributed by atoms with Crippen LogP contribution in [0.3, 0.4) is 0 Å². The van der Waals surface area contributed by atoms with Crippen molar-refractivity contribution in [3.05, 3.63) is 72.3 Å². The fraction of sp³-hybridized carbons (Fsp3) is 0.286. The molecule has 0 fully saturated rings. The van der Waals surface area contributed by atoms with Crippen molar-refractivity contribution < 1.29 is 22.7 Å². The van der Waals surface area contributed by atoms with Crippen molar-refractivity contribution in [1.29, 1.82) is 0 Å². The number of ether oxygens (including phenoxy) is 2. The Hall–Kier alpha value is -3.38. The van der Waals surface area contributed by atoms with Crippen LogP contribution in [-0.2, 0) is 10.0 Å². The number of benzene rings is 3. The molecule has 4 aromatic rings. The number of rotatable bonds is 9. The molecule has 0 saturated carbocycles. The zero-order valence-corrected chi connectivity index (χ0v) is 24.9. The van der Waals surface area contributed by atoms with Gasteiger partial charge < -0.3 is 14.4 Å². The molecule has 0 unspecified atom stereocenters. The van der Waals surface area contributed by atoms with Crippen molar-refractivity contribution in [1.82, 2.24) is 9.88 Å². The average Bonchev–Trinajstić information content (AvgIpc) is 3.36. The molecule has 40 heavy (non-hydrogen) atoms. The van der Waals surface area contributed by atoms with Crippen LogP contribution in [0.25, 0.3) is 10.2 Å². The van der Waals surface area contributed by atoms with Crippen LogP contribution in [0, 0.1) is 0 Å². The van der Waals surface area contributed by atoms with Crippen LogP contribution in [0.1, 0.15) is 16.8 Å². The Bertz CT molecular complexity index is 1530. The predicted molar refractivity (Wildman–Crippen MR) is 161 cm³/mol. The number of hydrogen-bond acceptors (Lipinski definition) is 8. The molecule has 1 aromatic heterocycles. The second-order valence-corrected chi connectivity index (χ2v) is 12.4. The van der Waals surface area contributed by atoms with E-state index in [1.807, 2.05) is 32.3 Å². The van der Waals surface area contributed by atoms with Crippen molar-refractivity contribution in [2.24, 2.45) is 0 Å². The molecule has 1 amide bonds. The van der Waals surface area contributed by atoms with E-state index in [4.69, 9.17) is 14.5 Å². The third-order valence-electron chi connectivity index (χ3n) is 6.38. The maximum atomic E-state index is 13.7. The molecule has 0 spiro atoms. The number of fused-ring (bicyclic) bond motifs is 2. The first kappa shape index (κ1) is 29.6. The van der Waals surface area contributed by atoms with Crippen LogP contribution >= 0.6 is 23.7 Å². The normalized spacial score (nSPS) is 12.7. The summed E-state index contributed by atoms with van der Waals surface area (Å²) in [7, 11) is 1.70. The lowest BCUT2D eigenvalue weighted by molar-refractivity contribution is 0.0986. The SMILES string of the molecule is CN(C)CCCN(C(=O)c1ccc(S(=O)(=O)N(C)c2ccccc2)cc1)c1nc2cc3c(cc2s1)OCCO3.Cl. The number of anilines is 2. The van der Waals surface area contributed by atoms with Crippen LogP contribution in [0.2, 0.25) is 0 Å². The Balaban J connectivity index is 0.00000370. The Morgan fingerprint density at radius 2 is 1.57 bits per heavy atom. The van der Waals surface area contributed by atoms with Gasteiger partial charge in [0, 0.05) is 31.3 Å². The van der Waals surface area contributed by atoms with Crippen LogP contribution in [0.15, 0.2) is 71.6 Å². The fourth-order valence-electron chi connectivity index (χ4n) is 4.26. The number of aromatic nitrogens is 1.